The number of aryl methyl sites for hydroxylation is 2. The van der Waals surface area contributed by atoms with Crippen molar-refractivity contribution in [3.8, 4) is 40.4 Å². The van der Waals surface area contributed by atoms with Gasteiger partial charge in [-0.05, 0) is 135 Å². The third kappa shape index (κ3) is 22.5. The number of carbonyl (C=O) groups excluding carboxylic acids is 2. The molecule has 4 nitrogen and oxygen atoms in total. The summed E-state index contributed by atoms with van der Waals surface area (Å²) in [7, 11) is 0. The zero-order chi connectivity index (χ0) is 64.5. The number of nitrogens with zero attached hydrogens (tertiary/aromatic N) is 2. The van der Waals surface area contributed by atoms with Crippen LogP contribution < -0.4 is 9.80 Å². The number of anilines is 2. The molecular formula is C84H122N2O2S4. The number of rotatable bonds is 50. The van der Waals surface area contributed by atoms with E-state index in [2.05, 4.69) is 136 Å². The normalized spacial score (nSPS) is 14.6. The molecule has 8 rings (SSSR count). The summed E-state index contributed by atoms with van der Waals surface area (Å²) in [5, 5.41) is 0. The summed E-state index contributed by atoms with van der Waals surface area (Å²) < 4.78 is 0. The molecule has 2 aliphatic heterocycles. The van der Waals surface area contributed by atoms with E-state index in [4.69, 9.17) is 0 Å². The van der Waals surface area contributed by atoms with Crippen molar-refractivity contribution in [1.82, 2.24) is 0 Å². The molecule has 2 aliphatic rings. The molecule has 2 aromatic carbocycles. The molecule has 2 atom stereocenters. The van der Waals surface area contributed by atoms with Crippen molar-refractivity contribution in [1.29, 1.82) is 0 Å². The second-order valence-corrected chi connectivity index (χ2v) is 32.4. The first kappa shape index (κ1) is 73.7. The first-order valence-corrected chi connectivity index (χ1v) is 41.6. The van der Waals surface area contributed by atoms with Gasteiger partial charge < -0.3 is 9.80 Å². The standard InChI is InChI=1S/C84H122N2O2S4/c1-7-13-19-25-29-31-35-39-45-65(43-37-33-27-21-15-9-3)63-85-73-61-67(75-57-59-79(91-75)77-55-51-69(89-77)47-41-23-17-11-5)49-53-71(73)81(83(85)87)82-72-54-50-68(76-58-60-80(92-76)78-56-52-70(90-78)48-42-24-18-12-6)62-74(72)86(84(82)88)64-66(44-38-34-28-22-16-10-4)46-40-36-32-30-26-20-14-8-2/h49-62,65-66H,7-48,63-64H2,1-6H3/b82-81-. The molecule has 8 heteroatoms. The van der Waals surface area contributed by atoms with Gasteiger partial charge in [-0.15, -0.1) is 45.3 Å². The third-order valence-corrected chi connectivity index (χ3v) is 25.1. The van der Waals surface area contributed by atoms with Gasteiger partial charge in [0.15, 0.2) is 0 Å². The van der Waals surface area contributed by atoms with Crippen LogP contribution in [0.1, 0.15) is 319 Å². The van der Waals surface area contributed by atoms with Crippen LogP contribution in [0.25, 0.3) is 51.5 Å². The summed E-state index contributed by atoms with van der Waals surface area (Å²) in [4.78, 5) is 47.5. The van der Waals surface area contributed by atoms with Crippen molar-refractivity contribution in [3.05, 3.63) is 106 Å². The number of fused-ring (bicyclic) bond motifs is 2. The molecule has 504 valence electrons. The number of hydrogen-bond donors (Lipinski definition) is 0. The third-order valence-electron chi connectivity index (χ3n) is 20.2. The molecule has 92 heavy (non-hydrogen) atoms. The summed E-state index contributed by atoms with van der Waals surface area (Å²) in [5.41, 5.74) is 7.38. The fraction of sp³-hybridized carbons (Fsp3) is 0.619. The highest BCUT2D eigenvalue weighted by molar-refractivity contribution is 7.24. The zero-order valence-corrected chi connectivity index (χ0v) is 62.0. The lowest BCUT2D eigenvalue weighted by atomic mass is 9.93. The molecular weight excluding hydrogens is 1200 g/mol. The van der Waals surface area contributed by atoms with Gasteiger partial charge in [-0.25, -0.2) is 0 Å². The molecule has 0 aliphatic carbocycles. The summed E-state index contributed by atoms with van der Waals surface area (Å²) in [5.74, 6) is 0.816. The Kier molecular flexibility index (Phi) is 33.5. The summed E-state index contributed by atoms with van der Waals surface area (Å²) in [6, 6.07) is 32.2. The number of amides is 2. The Morgan fingerprint density at radius 2 is 0.565 bits per heavy atom. The van der Waals surface area contributed by atoms with Crippen LogP contribution in [-0.4, -0.2) is 24.9 Å². The number of benzene rings is 2. The van der Waals surface area contributed by atoms with E-state index in [9.17, 15) is 0 Å². The van der Waals surface area contributed by atoms with E-state index in [-0.39, 0.29) is 11.8 Å². The average molecular weight is 1320 g/mol. The van der Waals surface area contributed by atoms with E-state index in [1.165, 1.54) is 270 Å². The molecule has 6 heterocycles. The quantitative estimate of drug-likeness (QED) is 0.0282. The molecule has 6 aromatic rings. The van der Waals surface area contributed by atoms with Gasteiger partial charge in [0, 0.05) is 63.2 Å². The van der Waals surface area contributed by atoms with Crippen LogP contribution in [0.4, 0.5) is 11.4 Å². The molecule has 0 radical (unpaired) electrons. The lowest BCUT2D eigenvalue weighted by molar-refractivity contribution is -0.114. The molecule has 2 amide bonds. The molecule has 0 saturated heterocycles. The SMILES string of the molecule is CCCCCCCCCCC(CCCCCCCC)CN1C(=O)/C(=C2\C(=O)N(CC(CCCCCCCC)CCCCCCCCCC)c3cc(-c4ccc(-c5ccc(CCCCCC)s5)s4)ccc32)c2ccc(-c3ccc(-c4ccc(CCCCCC)s4)s3)cc21. The maximum atomic E-state index is 16.2. The summed E-state index contributed by atoms with van der Waals surface area (Å²) in [6.07, 6.45) is 53.2. The Morgan fingerprint density at radius 1 is 0.293 bits per heavy atom. The molecule has 2 unspecified atom stereocenters. The van der Waals surface area contributed by atoms with Crippen LogP contribution in [0.2, 0.25) is 0 Å². The molecule has 0 fully saturated rings. The predicted octanol–water partition coefficient (Wildman–Crippen LogP) is 28.2. The van der Waals surface area contributed by atoms with Crippen LogP contribution in [-0.2, 0) is 22.4 Å². The first-order valence-electron chi connectivity index (χ1n) is 38.3. The maximum absolute atomic E-state index is 16.2. The number of hydrogen-bond acceptors (Lipinski definition) is 6. The Hall–Kier alpha value is -4.08. The van der Waals surface area contributed by atoms with Crippen molar-refractivity contribution in [2.45, 2.75) is 311 Å². The van der Waals surface area contributed by atoms with Gasteiger partial charge in [0.25, 0.3) is 11.8 Å². The summed E-state index contributed by atoms with van der Waals surface area (Å²) >= 11 is 7.65. The van der Waals surface area contributed by atoms with Crippen molar-refractivity contribution in [2.75, 3.05) is 22.9 Å². The van der Waals surface area contributed by atoms with E-state index < -0.39 is 0 Å². The Labute approximate surface area is 577 Å². The van der Waals surface area contributed by atoms with Crippen LogP contribution >= 0.6 is 45.3 Å². The average Bonchev–Trinajstić information content (AvgIpc) is 1.60. The van der Waals surface area contributed by atoms with Crippen LogP contribution in [0.5, 0.6) is 0 Å². The lowest BCUT2D eigenvalue weighted by Crippen LogP contribution is -2.34. The van der Waals surface area contributed by atoms with Crippen LogP contribution in [0.3, 0.4) is 0 Å². The van der Waals surface area contributed by atoms with E-state index in [1.807, 2.05) is 45.3 Å². The van der Waals surface area contributed by atoms with Gasteiger partial charge >= 0.3 is 0 Å². The Bertz CT molecular complexity index is 2890. The second kappa shape index (κ2) is 41.8. The fourth-order valence-corrected chi connectivity index (χ4v) is 18.8. The number of thiophene rings is 4. The van der Waals surface area contributed by atoms with Crippen molar-refractivity contribution in [2.24, 2.45) is 11.8 Å². The van der Waals surface area contributed by atoms with Crippen LogP contribution in [0.15, 0.2) is 84.9 Å². The smallest absolute Gasteiger partial charge is 0.259 e. The minimum Gasteiger partial charge on any atom is -0.307 e. The Balaban J connectivity index is 1.17. The fourth-order valence-electron chi connectivity index (χ4n) is 14.5. The van der Waals surface area contributed by atoms with Crippen LogP contribution in [0, 0.1) is 11.8 Å². The molecule has 0 spiro atoms. The number of unbranched alkanes of at least 4 members (excludes halogenated alkanes) is 30. The second-order valence-electron chi connectivity index (χ2n) is 27.9. The topological polar surface area (TPSA) is 40.6 Å². The van der Waals surface area contributed by atoms with Gasteiger partial charge in [0.2, 0.25) is 0 Å². The Morgan fingerprint density at radius 3 is 0.891 bits per heavy atom. The maximum Gasteiger partial charge on any atom is 0.259 e. The zero-order valence-electron chi connectivity index (χ0n) is 58.7. The highest BCUT2D eigenvalue weighted by atomic mass is 32.1. The largest absolute Gasteiger partial charge is 0.307 e. The monoisotopic (exact) mass is 1320 g/mol. The van der Waals surface area contributed by atoms with Gasteiger partial charge in [-0.3, -0.25) is 9.59 Å². The first-order chi connectivity index (χ1) is 45.3. The highest BCUT2D eigenvalue weighted by Crippen LogP contribution is 2.51. The molecule has 0 N–H and O–H groups in total. The van der Waals surface area contributed by atoms with Crippen molar-refractivity contribution in [3.63, 3.8) is 0 Å². The molecule has 4 aromatic heterocycles. The van der Waals surface area contributed by atoms with E-state index in [1.54, 1.807) is 0 Å². The number of carbonyl (C=O) groups is 2. The van der Waals surface area contributed by atoms with Gasteiger partial charge in [0.05, 0.1) is 22.5 Å². The van der Waals surface area contributed by atoms with E-state index in [0.717, 1.165) is 72.2 Å². The van der Waals surface area contributed by atoms with Gasteiger partial charge in [-0.1, -0.05) is 284 Å². The van der Waals surface area contributed by atoms with E-state index >= 15 is 9.59 Å². The highest BCUT2D eigenvalue weighted by Gasteiger charge is 2.43. The van der Waals surface area contributed by atoms with Crippen molar-refractivity contribution < 1.29 is 9.59 Å². The molecule has 0 bridgehead atoms. The molecule has 0 saturated carbocycles. The summed E-state index contributed by atoms with van der Waals surface area (Å²) in [6.45, 7) is 15.2. The minimum atomic E-state index is 0.0179. The minimum absolute atomic E-state index is 0.0179. The van der Waals surface area contributed by atoms with Gasteiger partial charge in [0.1, 0.15) is 0 Å². The van der Waals surface area contributed by atoms with Crippen molar-refractivity contribution >= 4 is 79.7 Å². The van der Waals surface area contributed by atoms with E-state index in [0.29, 0.717) is 36.1 Å². The van der Waals surface area contributed by atoms with Gasteiger partial charge in [-0.2, -0.15) is 0 Å². The lowest BCUT2D eigenvalue weighted by Gasteiger charge is -2.25. The predicted molar refractivity (Wildman–Crippen MR) is 411 cm³/mol.